The van der Waals surface area contributed by atoms with Gasteiger partial charge in [0.15, 0.2) is 0 Å². The zero-order valence-electron chi connectivity index (χ0n) is 8.86. The molecule has 14 heavy (non-hydrogen) atoms. The van der Waals surface area contributed by atoms with Gasteiger partial charge < -0.3 is 9.47 Å². The van der Waals surface area contributed by atoms with Crippen LogP contribution in [0.2, 0.25) is 0 Å². The molecule has 0 amide bonds. The van der Waals surface area contributed by atoms with Crippen molar-refractivity contribution in [2.45, 2.75) is 25.9 Å². The van der Waals surface area contributed by atoms with Gasteiger partial charge in [0.2, 0.25) is 0 Å². The van der Waals surface area contributed by atoms with Crippen LogP contribution >= 0.6 is 0 Å². The minimum absolute atomic E-state index is 0.0611. The first kappa shape index (κ1) is 11.2. The second kappa shape index (κ2) is 5.15. The summed E-state index contributed by atoms with van der Waals surface area (Å²) in [5, 5.41) is 0. The molecule has 1 rings (SSSR count). The Balaban J connectivity index is 2.57. The van der Waals surface area contributed by atoms with Crippen LogP contribution in [-0.2, 0) is 14.3 Å². The number of rotatable bonds is 4. The summed E-state index contributed by atoms with van der Waals surface area (Å²) in [6, 6.07) is 0. The summed E-state index contributed by atoms with van der Waals surface area (Å²) in [5.74, 6) is 0.00477. The normalized spacial score (nSPS) is 31.4. The zero-order chi connectivity index (χ0) is 10.6. The summed E-state index contributed by atoms with van der Waals surface area (Å²) in [6.07, 6.45) is 3.67. The molecule has 0 N–H and O–H groups in total. The molecular weight excluding hydrogens is 180 g/mol. The van der Waals surface area contributed by atoms with Crippen LogP contribution in [0.1, 0.15) is 19.8 Å². The van der Waals surface area contributed by atoms with Crippen molar-refractivity contribution in [3.05, 3.63) is 12.7 Å². The molecule has 1 saturated carbocycles. The van der Waals surface area contributed by atoms with Gasteiger partial charge in [-0.1, -0.05) is 6.08 Å². The molecule has 0 aromatic heterocycles. The van der Waals surface area contributed by atoms with Crippen LogP contribution in [-0.4, -0.2) is 25.8 Å². The van der Waals surface area contributed by atoms with Crippen molar-refractivity contribution in [1.29, 1.82) is 0 Å². The van der Waals surface area contributed by atoms with E-state index < -0.39 is 0 Å². The highest BCUT2D eigenvalue weighted by Crippen LogP contribution is 2.35. The molecular formula is C11H18O3. The van der Waals surface area contributed by atoms with Gasteiger partial charge in [-0.05, 0) is 25.7 Å². The minimum atomic E-state index is -0.142. The Kier molecular flexibility index (Phi) is 4.14. The van der Waals surface area contributed by atoms with Crippen LogP contribution in [0.3, 0.4) is 0 Å². The van der Waals surface area contributed by atoms with Gasteiger partial charge in [0.1, 0.15) is 0 Å². The van der Waals surface area contributed by atoms with E-state index in [0.717, 1.165) is 12.8 Å². The standard InChI is InChI=1S/C11H18O3/c1-4-8-6-9(14-5-2)7-10(8)11(12)13-3/h4,8-10H,1,5-7H2,2-3H3/t8-,9-,10+/m0/s1. The first-order valence-corrected chi connectivity index (χ1v) is 5.04. The van der Waals surface area contributed by atoms with Gasteiger partial charge in [-0.2, -0.15) is 0 Å². The highest BCUT2D eigenvalue weighted by molar-refractivity contribution is 5.73. The highest BCUT2D eigenvalue weighted by atomic mass is 16.5. The van der Waals surface area contributed by atoms with Crippen LogP contribution in [0, 0.1) is 11.8 Å². The van der Waals surface area contributed by atoms with E-state index in [2.05, 4.69) is 6.58 Å². The van der Waals surface area contributed by atoms with Crippen LogP contribution in [0.5, 0.6) is 0 Å². The summed E-state index contributed by atoms with van der Waals surface area (Å²) >= 11 is 0. The maximum Gasteiger partial charge on any atom is 0.309 e. The maximum absolute atomic E-state index is 11.4. The molecule has 3 nitrogen and oxygen atoms in total. The predicted molar refractivity (Wildman–Crippen MR) is 53.8 cm³/mol. The molecule has 0 bridgehead atoms. The minimum Gasteiger partial charge on any atom is -0.469 e. The van der Waals surface area contributed by atoms with Gasteiger partial charge in [0.25, 0.3) is 0 Å². The summed E-state index contributed by atoms with van der Waals surface area (Å²) < 4.78 is 10.3. The average Bonchev–Trinajstić information content (AvgIpc) is 2.60. The summed E-state index contributed by atoms with van der Waals surface area (Å²) in [7, 11) is 1.43. The Bertz CT molecular complexity index is 213. The molecule has 3 heteroatoms. The van der Waals surface area contributed by atoms with Crippen molar-refractivity contribution in [1.82, 2.24) is 0 Å². The Hall–Kier alpha value is -0.830. The fraction of sp³-hybridized carbons (Fsp3) is 0.727. The first-order valence-electron chi connectivity index (χ1n) is 5.04. The van der Waals surface area contributed by atoms with Crippen LogP contribution in [0.25, 0.3) is 0 Å². The average molecular weight is 198 g/mol. The van der Waals surface area contributed by atoms with Gasteiger partial charge in [0.05, 0.1) is 19.1 Å². The Morgan fingerprint density at radius 1 is 1.57 bits per heavy atom. The molecule has 0 unspecified atom stereocenters. The van der Waals surface area contributed by atoms with E-state index in [0.29, 0.717) is 6.61 Å². The van der Waals surface area contributed by atoms with E-state index in [4.69, 9.17) is 9.47 Å². The lowest BCUT2D eigenvalue weighted by molar-refractivity contribution is -0.146. The third-order valence-electron chi connectivity index (χ3n) is 2.78. The van der Waals surface area contributed by atoms with E-state index in [1.165, 1.54) is 7.11 Å². The first-order chi connectivity index (χ1) is 6.72. The third kappa shape index (κ3) is 2.35. The van der Waals surface area contributed by atoms with Crippen LogP contribution < -0.4 is 0 Å². The fourth-order valence-electron chi connectivity index (χ4n) is 2.08. The van der Waals surface area contributed by atoms with Gasteiger partial charge >= 0.3 is 5.97 Å². The van der Waals surface area contributed by atoms with E-state index in [-0.39, 0.29) is 23.9 Å². The SMILES string of the molecule is C=C[C@H]1C[C@H](OCC)C[C@H]1C(=O)OC. The molecule has 1 fully saturated rings. The monoisotopic (exact) mass is 198 g/mol. The molecule has 0 aliphatic heterocycles. The van der Waals surface area contributed by atoms with E-state index in [1.807, 2.05) is 13.0 Å². The van der Waals surface area contributed by atoms with Gasteiger partial charge in [0, 0.05) is 6.61 Å². The molecule has 0 spiro atoms. The molecule has 3 atom stereocenters. The molecule has 0 radical (unpaired) electrons. The molecule has 1 aliphatic rings. The zero-order valence-corrected chi connectivity index (χ0v) is 8.86. The van der Waals surface area contributed by atoms with Gasteiger partial charge in [-0.15, -0.1) is 6.58 Å². The number of hydrogen-bond donors (Lipinski definition) is 0. The van der Waals surface area contributed by atoms with Gasteiger partial charge in [-0.3, -0.25) is 4.79 Å². The fourth-order valence-corrected chi connectivity index (χ4v) is 2.08. The molecule has 0 saturated heterocycles. The predicted octanol–water partition coefficient (Wildman–Crippen LogP) is 1.78. The van der Waals surface area contributed by atoms with Crippen LogP contribution in [0.15, 0.2) is 12.7 Å². The number of carbonyl (C=O) groups is 1. The van der Waals surface area contributed by atoms with Gasteiger partial charge in [-0.25, -0.2) is 0 Å². The Labute approximate surface area is 85.1 Å². The smallest absolute Gasteiger partial charge is 0.309 e. The lowest BCUT2D eigenvalue weighted by Crippen LogP contribution is -2.19. The largest absolute Gasteiger partial charge is 0.469 e. The number of hydrogen-bond acceptors (Lipinski definition) is 3. The number of carbonyl (C=O) groups excluding carboxylic acids is 1. The third-order valence-corrected chi connectivity index (χ3v) is 2.78. The van der Waals surface area contributed by atoms with Crippen molar-refractivity contribution >= 4 is 5.97 Å². The molecule has 0 heterocycles. The summed E-state index contributed by atoms with van der Waals surface area (Å²) in [5.41, 5.74) is 0. The van der Waals surface area contributed by atoms with Crippen molar-refractivity contribution in [2.24, 2.45) is 11.8 Å². The lowest BCUT2D eigenvalue weighted by atomic mass is 9.97. The molecule has 0 aromatic rings. The number of esters is 1. The quantitative estimate of drug-likeness (QED) is 0.510. The molecule has 80 valence electrons. The maximum atomic E-state index is 11.4. The topological polar surface area (TPSA) is 35.5 Å². The van der Waals surface area contributed by atoms with Crippen molar-refractivity contribution < 1.29 is 14.3 Å². The number of ether oxygens (including phenoxy) is 2. The highest BCUT2D eigenvalue weighted by Gasteiger charge is 2.38. The van der Waals surface area contributed by atoms with Crippen molar-refractivity contribution in [3.8, 4) is 0 Å². The second-order valence-corrected chi connectivity index (χ2v) is 3.58. The summed E-state index contributed by atoms with van der Waals surface area (Å²) in [6.45, 7) is 6.40. The van der Waals surface area contributed by atoms with E-state index in [1.54, 1.807) is 0 Å². The number of allylic oxidation sites excluding steroid dienone is 1. The Morgan fingerprint density at radius 2 is 2.29 bits per heavy atom. The van der Waals surface area contributed by atoms with E-state index >= 15 is 0 Å². The lowest BCUT2D eigenvalue weighted by Gasteiger charge is -2.11. The summed E-state index contributed by atoms with van der Waals surface area (Å²) in [4.78, 5) is 11.4. The second-order valence-electron chi connectivity index (χ2n) is 3.58. The van der Waals surface area contributed by atoms with E-state index in [9.17, 15) is 4.79 Å². The van der Waals surface area contributed by atoms with Crippen molar-refractivity contribution in [2.75, 3.05) is 13.7 Å². The van der Waals surface area contributed by atoms with Crippen LogP contribution in [0.4, 0.5) is 0 Å². The molecule has 1 aliphatic carbocycles. The Morgan fingerprint density at radius 3 is 2.79 bits per heavy atom. The molecule has 0 aromatic carbocycles. The van der Waals surface area contributed by atoms with Crippen molar-refractivity contribution in [3.63, 3.8) is 0 Å². The number of methoxy groups -OCH3 is 1.